The number of H-pyrrole nitrogens is 1. The topological polar surface area (TPSA) is 115 Å². The minimum atomic E-state index is -0.580. The summed E-state index contributed by atoms with van der Waals surface area (Å²) in [4.78, 5) is 25.8. The van der Waals surface area contributed by atoms with Gasteiger partial charge in [0, 0.05) is 18.2 Å². The number of hydrogen-bond donors (Lipinski definition) is 2. The Morgan fingerprint density at radius 3 is 2.74 bits per heavy atom. The van der Waals surface area contributed by atoms with Gasteiger partial charge in [-0.25, -0.2) is 9.48 Å². The molecule has 1 aliphatic heterocycles. The number of nitrogens with one attached hydrogen (secondary N) is 1. The smallest absolute Gasteiger partial charge is 0.330 e. The van der Waals surface area contributed by atoms with Crippen molar-refractivity contribution >= 4 is 0 Å². The van der Waals surface area contributed by atoms with Crippen molar-refractivity contribution in [2.24, 2.45) is 0 Å². The zero-order valence-corrected chi connectivity index (χ0v) is 13.2. The fourth-order valence-corrected chi connectivity index (χ4v) is 2.84. The van der Waals surface area contributed by atoms with Crippen LogP contribution in [0.2, 0.25) is 0 Å². The van der Waals surface area contributed by atoms with E-state index >= 15 is 0 Å². The summed E-state index contributed by atoms with van der Waals surface area (Å²) in [5.74, 6) is 0. The number of aromatic nitrogens is 5. The Kier molecular flexibility index (Phi) is 3.90. The van der Waals surface area contributed by atoms with Gasteiger partial charge in [0.15, 0.2) is 0 Å². The highest BCUT2D eigenvalue weighted by Crippen LogP contribution is 2.36. The number of aliphatic hydroxyl groups excluding tert-OH is 1. The van der Waals surface area contributed by atoms with Crippen LogP contribution in [0.4, 0.5) is 0 Å². The molecule has 0 unspecified atom stereocenters. The molecule has 3 heterocycles. The number of aromatic amines is 1. The van der Waals surface area contributed by atoms with Crippen molar-refractivity contribution < 1.29 is 9.84 Å². The maximum atomic E-state index is 12.0. The fourth-order valence-electron chi connectivity index (χ4n) is 2.84. The first-order valence-electron chi connectivity index (χ1n) is 7.39. The largest absolute Gasteiger partial charge is 0.394 e. The summed E-state index contributed by atoms with van der Waals surface area (Å²) in [6.07, 6.45) is 0.838. The van der Waals surface area contributed by atoms with Crippen molar-refractivity contribution in [3.8, 4) is 0 Å². The molecule has 2 N–H and O–H groups in total. The Morgan fingerprint density at radius 1 is 1.39 bits per heavy atom. The molecule has 1 fully saturated rings. The van der Waals surface area contributed by atoms with Crippen LogP contribution in [0.5, 0.6) is 0 Å². The van der Waals surface area contributed by atoms with E-state index in [0.717, 1.165) is 11.4 Å². The Morgan fingerprint density at radius 2 is 2.13 bits per heavy atom. The van der Waals surface area contributed by atoms with Crippen LogP contribution in [0, 0.1) is 20.8 Å². The summed E-state index contributed by atoms with van der Waals surface area (Å²) in [5.41, 5.74) is 1.17. The maximum Gasteiger partial charge on any atom is 0.330 e. The Labute approximate surface area is 131 Å². The van der Waals surface area contributed by atoms with Gasteiger partial charge in [0.1, 0.15) is 12.3 Å². The van der Waals surface area contributed by atoms with Crippen molar-refractivity contribution in [2.75, 3.05) is 6.61 Å². The van der Waals surface area contributed by atoms with Crippen LogP contribution < -0.4 is 11.2 Å². The number of nitrogens with zero attached hydrogens (tertiary/aromatic N) is 4. The average Bonchev–Trinajstić information content (AvgIpc) is 3.07. The molecule has 0 bridgehead atoms. The minimum absolute atomic E-state index is 0.198. The Bertz CT molecular complexity index is 836. The van der Waals surface area contributed by atoms with Crippen LogP contribution >= 0.6 is 0 Å². The summed E-state index contributed by atoms with van der Waals surface area (Å²) in [6.45, 7) is 5.18. The van der Waals surface area contributed by atoms with Crippen molar-refractivity contribution in [3.63, 3.8) is 0 Å². The summed E-state index contributed by atoms with van der Waals surface area (Å²) in [5, 5.41) is 17.7. The second kappa shape index (κ2) is 5.74. The molecule has 2 aromatic heterocycles. The van der Waals surface area contributed by atoms with Crippen LogP contribution in [0.3, 0.4) is 0 Å². The van der Waals surface area contributed by atoms with Gasteiger partial charge in [0.05, 0.1) is 24.0 Å². The maximum absolute atomic E-state index is 12.0. The molecule has 3 atom stereocenters. The number of rotatable bonds is 3. The van der Waals surface area contributed by atoms with E-state index in [1.165, 1.54) is 10.8 Å². The SMILES string of the molecule is Cc1nnn([C@H]2C[C@H](n3cc(C)c(=O)[nH]c3=O)O[C@@H]2CO)c1C. The van der Waals surface area contributed by atoms with Gasteiger partial charge in [0.2, 0.25) is 0 Å². The van der Waals surface area contributed by atoms with Gasteiger partial charge in [-0.05, 0) is 20.8 Å². The minimum Gasteiger partial charge on any atom is -0.394 e. The van der Waals surface area contributed by atoms with Crippen LogP contribution in [0.1, 0.15) is 35.6 Å². The Balaban J connectivity index is 1.96. The highest BCUT2D eigenvalue weighted by atomic mass is 16.5. The van der Waals surface area contributed by atoms with Gasteiger partial charge in [0.25, 0.3) is 5.56 Å². The first-order valence-corrected chi connectivity index (χ1v) is 7.39. The summed E-state index contributed by atoms with van der Waals surface area (Å²) in [7, 11) is 0. The van der Waals surface area contributed by atoms with Crippen molar-refractivity contribution in [3.05, 3.63) is 44.0 Å². The number of aryl methyl sites for hydroxylation is 2. The third kappa shape index (κ3) is 2.62. The molecule has 0 amide bonds. The van der Waals surface area contributed by atoms with E-state index in [4.69, 9.17) is 4.74 Å². The van der Waals surface area contributed by atoms with Gasteiger partial charge >= 0.3 is 5.69 Å². The molecule has 0 aromatic carbocycles. The first kappa shape index (κ1) is 15.6. The van der Waals surface area contributed by atoms with Crippen molar-refractivity contribution in [2.45, 2.75) is 45.6 Å². The lowest BCUT2D eigenvalue weighted by Gasteiger charge is -2.17. The molecule has 1 aliphatic rings. The molecule has 124 valence electrons. The van der Waals surface area contributed by atoms with Crippen LogP contribution in [0.15, 0.2) is 15.8 Å². The fraction of sp³-hybridized carbons (Fsp3) is 0.571. The molecule has 0 saturated carbocycles. The second-order valence-corrected chi connectivity index (χ2v) is 5.80. The highest BCUT2D eigenvalue weighted by Gasteiger charge is 2.39. The molecule has 2 aromatic rings. The number of aliphatic hydroxyl groups is 1. The standard InChI is InChI=1S/C14H19N5O4/c1-7-5-18(14(22)15-13(7)21)12-4-10(11(6-20)23-12)19-9(3)8(2)16-17-19/h5,10-12,20H,4,6H2,1-3H3,(H,15,21,22)/t10-,11+,12+/m0/s1. The van der Waals surface area contributed by atoms with E-state index in [1.54, 1.807) is 11.6 Å². The first-order chi connectivity index (χ1) is 10.9. The molecule has 9 nitrogen and oxygen atoms in total. The lowest BCUT2D eigenvalue weighted by molar-refractivity contribution is -0.0324. The molecule has 0 spiro atoms. The highest BCUT2D eigenvalue weighted by molar-refractivity contribution is 5.07. The summed E-state index contributed by atoms with van der Waals surface area (Å²) < 4.78 is 8.87. The van der Waals surface area contributed by atoms with Crippen molar-refractivity contribution in [1.29, 1.82) is 0 Å². The lowest BCUT2D eigenvalue weighted by Crippen LogP contribution is -2.33. The van der Waals surface area contributed by atoms with E-state index in [9.17, 15) is 14.7 Å². The Hall–Kier alpha value is -2.26. The molecule has 1 saturated heterocycles. The molecule has 0 aliphatic carbocycles. The van der Waals surface area contributed by atoms with Gasteiger partial charge < -0.3 is 9.84 Å². The third-order valence-electron chi connectivity index (χ3n) is 4.31. The quantitative estimate of drug-likeness (QED) is 0.793. The van der Waals surface area contributed by atoms with Crippen molar-refractivity contribution in [1.82, 2.24) is 24.5 Å². The van der Waals surface area contributed by atoms with Crippen LogP contribution in [-0.2, 0) is 4.74 Å². The van der Waals surface area contributed by atoms with Crippen LogP contribution in [0.25, 0.3) is 0 Å². The van der Waals surface area contributed by atoms with Gasteiger partial charge in [-0.3, -0.25) is 14.3 Å². The summed E-state index contributed by atoms with van der Waals surface area (Å²) in [6, 6.07) is -0.231. The zero-order chi connectivity index (χ0) is 16.7. The van der Waals surface area contributed by atoms with Gasteiger partial charge in [-0.1, -0.05) is 5.21 Å². The predicted octanol–water partition coefficient (Wildman–Crippen LogP) is -0.426. The molecule has 9 heteroatoms. The average molecular weight is 321 g/mol. The molecular formula is C14H19N5O4. The van der Waals surface area contributed by atoms with E-state index in [-0.39, 0.29) is 12.6 Å². The van der Waals surface area contributed by atoms with Gasteiger partial charge in [-0.15, -0.1) is 5.10 Å². The van der Waals surface area contributed by atoms with Gasteiger partial charge in [-0.2, -0.15) is 0 Å². The summed E-state index contributed by atoms with van der Waals surface area (Å²) >= 11 is 0. The van der Waals surface area contributed by atoms with E-state index in [1.807, 2.05) is 13.8 Å². The predicted molar refractivity (Wildman–Crippen MR) is 80.2 cm³/mol. The molecular weight excluding hydrogens is 302 g/mol. The lowest BCUT2D eigenvalue weighted by atomic mass is 10.1. The molecule has 0 radical (unpaired) electrons. The zero-order valence-electron chi connectivity index (χ0n) is 13.2. The third-order valence-corrected chi connectivity index (χ3v) is 4.31. The normalized spacial score (nSPS) is 24.3. The van der Waals surface area contributed by atoms with E-state index < -0.39 is 23.6 Å². The molecule has 23 heavy (non-hydrogen) atoms. The molecule has 3 rings (SSSR count). The number of hydrogen-bond acceptors (Lipinski definition) is 6. The van der Waals surface area contributed by atoms with E-state index in [0.29, 0.717) is 12.0 Å². The van der Waals surface area contributed by atoms with E-state index in [2.05, 4.69) is 15.3 Å². The second-order valence-electron chi connectivity index (χ2n) is 5.80. The number of ether oxygens (including phenoxy) is 1. The monoisotopic (exact) mass is 321 g/mol. The van der Waals surface area contributed by atoms with Crippen LogP contribution in [-0.4, -0.2) is 42.4 Å².